The zero-order valence-corrected chi connectivity index (χ0v) is 11.0. The van der Waals surface area contributed by atoms with Crippen LogP contribution in [0.25, 0.3) is 0 Å². The van der Waals surface area contributed by atoms with Crippen molar-refractivity contribution in [1.29, 1.82) is 0 Å². The van der Waals surface area contributed by atoms with Gasteiger partial charge in [0, 0.05) is 17.8 Å². The molecule has 1 unspecified atom stereocenters. The molecule has 0 aliphatic carbocycles. The molecule has 0 aromatic heterocycles. The SMILES string of the molecule is CNCCS(=O)(=O)NCC1(C)CCCS1. The lowest BCUT2D eigenvalue weighted by Gasteiger charge is -2.22. The van der Waals surface area contributed by atoms with Crippen LogP contribution in [0.1, 0.15) is 19.8 Å². The van der Waals surface area contributed by atoms with Crippen LogP contribution in [0.2, 0.25) is 0 Å². The van der Waals surface area contributed by atoms with Gasteiger partial charge in [0.25, 0.3) is 0 Å². The summed E-state index contributed by atoms with van der Waals surface area (Å²) in [7, 11) is -1.34. The van der Waals surface area contributed by atoms with Crippen molar-refractivity contribution >= 4 is 21.8 Å². The van der Waals surface area contributed by atoms with Crippen molar-refractivity contribution in [2.75, 3.05) is 31.6 Å². The van der Waals surface area contributed by atoms with Gasteiger partial charge in [-0.05, 0) is 32.6 Å². The molecule has 0 radical (unpaired) electrons. The zero-order chi connectivity index (χ0) is 11.4. The first-order valence-electron chi connectivity index (χ1n) is 5.23. The third-order valence-electron chi connectivity index (χ3n) is 2.59. The fourth-order valence-corrected chi connectivity index (χ4v) is 4.04. The molecule has 2 N–H and O–H groups in total. The number of nitrogens with one attached hydrogen (secondary N) is 2. The van der Waals surface area contributed by atoms with Crippen molar-refractivity contribution in [3.63, 3.8) is 0 Å². The Balaban J connectivity index is 2.35. The molecule has 1 atom stereocenters. The summed E-state index contributed by atoms with van der Waals surface area (Å²) < 4.78 is 25.8. The van der Waals surface area contributed by atoms with Gasteiger partial charge in [-0.3, -0.25) is 0 Å². The third-order valence-corrected chi connectivity index (χ3v) is 5.45. The molecule has 1 heterocycles. The monoisotopic (exact) mass is 252 g/mol. The molecule has 1 saturated heterocycles. The highest BCUT2D eigenvalue weighted by molar-refractivity contribution is 8.01. The topological polar surface area (TPSA) is 58.2 Å². The highest BCUT2D eigenvalue weighted by Gasteiger charge is 2.30. The summed E-state index contributed by atoms with van der Waals surface area (Å²) in [5.41, 5.74) is 0. The molecule has 0 bridgehead atoms. The Kier molecular flexibility index (Phi) is 4.89. The lowest BCUT2D eigenvalue weighted by atomic mass is 10.1. The number of thioether (sulfide) groups is 1. The molecule has 1 aliphatic rings. The minimum Gasteiger partial charge on any atom is -0.319 e. The number of hydrogen-bond donors (Lipinski definition) is 2. The quantitative estimate of drug-likeness (QED) is 0.719. The fourth-order valence-electron chi connectivity index (χ4n) is 1.55. The third kappa shape index (κ3) is 4.72. The highest BCUT2D eigenvalue weighted by Crippen LogP contribution is 2.37. The molecule has 90 valence electrons. The molecule has 1 fully saturated rings. The van der Waals surface area contributed by atoms with Crippen LogP contribution in [0.15, 0.2) is 0 Å². The number of hydrogen-bond acceptors (Lipinski definition) is 4. The van der Waals surface area contributed by atoms with Gasteiger partial charge in [0.2, 0.25) is 10.0 Å². The van der Waals surface area contributed by atoms with Crippen LogP contribution in [0, 0.1) is 0 Å². The van der Waals surface area contributed by atoms with Gasteiger partial charge in [0.15, 0.2) is 0 Å². The lowest BCUT2D eigenvalue weighted by Crippen LogP contribution is -2.39. The van der Waals surface area contributed by atoms with E-state index in [2.05, 4.69) is 17.0 Å². The van der Waals surface area contributed by atoms with Crippen molar-refractivity contribution < 1.29 is 8.42 Å². The predicted molar refractivity (Wildman–Crippen MR) is 65.8 cm³/mol. The Bertz CT molecular complexity index is 284. The molecule has 4 nitrogen and oxygen atoms in total. The molecule has 1 rings (SSSR count). The summed E-state index contributed by atoms with van der Waals surface area (Å²) in [6.07, 6.45) is 2.30. The van der Waals surface area contributed by atoms with E-state index in [9.17, 15) is 8.42 Å². The lowest BCUT2D eigenvalue weighted by molar-refractivity contribution is 0.551. The normalized spacial score (nSPS) is 27.1. The van der Waals surface area contributed by atoms with E-state index >= 15 is 0 Å². The molecular weight excluding hydrogens is 232 g/mol. The van der Waals surface area contributed by atoms with Crippen molar-refractivity contribution in [3.05, 3.63) is 0 Å². The van der Waals surface area contributed by atoms with Gasteiger partial charge in [-0.2, -0.15) is 11.8 Å². The molecule has 15 heavy (non-hydrogen) atoms. The van der Waals surface area contributed by atoms with E-state index in [1.54, 1.807) is 7.05 Å². The highest BCUT2D eigenvalue weighted by atomic mass is 32.2. The van der Waals surface area contributed by atoms with Crippen LogP contribution in [0.3, 0.4) is 0 Å². The first-order valence-corrected chi connectivity index (χ1v) is 7.87. The van der Waals surface area contributed by atoms with Gasteiger partial charge in [0.1, 0.15) is 0 Å². The Morgan fingerprint density at radius 2 is 2.20 bits per heavy atom. The minimum absolute atomic E-state index is 0.104. The largest absolute Gasteiger partial charge is 0.319 e. The first-order chi connectivity index (χ1) is 6.97. The van der Waals surface area contributed by atoms with E-state index in [4.69, 9.17) is 0 Å². The maximum absolute atomic E-state index is 11.5. The van der Waals surface area contributed by atoms with Gasteiger partial charge in [-0.1, -0.05) is 0 Å². The van der Waals surface area contributed by atoms with Crippen LogP contribution in [0.5, 0.6) is 0 Å². The second kappa shape index (κ2) is 5.52. The maximum Gasteiger partial charge on any atom is 0.212 e. The molecule has 6 heteroatoms. The molecule has 0 saturated carbocycles. The van der Waals surface area contributed by atoms with E-state index in [0.717, 1.165) is 12.2 Å². The van der Waals surface area contributed by atoms with Crippen molar-refractivity contribution in [2.45, 2.75) is 24.5 Å². The molecule has 0 aromatic rings. The molecule has 0 aromatic carbocycles. The van der Waals surface area contributed by atoms with Gasteiger partial charge in [0.05, 0.1) is 5.75 Å². The standard InChI is InChI=1S/C9H20N2O2S2/c1-9(4-3-6-14-9)8-11-15(12,13)7-5-10-2/h10-11H,3-8H2,1-2H3. The summed E-state index contributed by atoms with van der Waals surface area (Å²) in [4.78, 5) is 0. The van der Waals surface area contributed by atoms with Crippen LogP contribution in [-0.2, 0) is 10.0 Å². The van der Waals surface area contributed by atoms with Gasteiger partial charge in [-0.15, -0.1) is 0 Å². The summed E-state index contributed by atoms with van der Waals surface area (Å²) >= 11 is 1.87. The first kappa shape index (κ1) is 13.3. The Morgan fingerprint density at radius 1 is 1.47 bits per heavy atom. The average Bonchev–Trinajstić information content (AvgIpc) is 2.61. The van der Waals surface area contributed by atoms with Crippen LogP contribution < -0.4 is 10.0 Å². The minimum atomic E-state index is -3.10. The summed E-state index contributed by atoms with van der Waals surface area (Å²) in [6.45, 7) is 3.19. The molecule has 1 aliphatic heterocycles. The zero-order valence-electron chi connectivity index (χ0n) is 9.38. The van der Waals surface area contributed by atoms with Crippen molar-refractivity contribution in [1.82, 2.24) is 10.0 Å². The second-order valence-electron chi connectivity index (χ2n) is 4.15. The summed E-state index contributed by atoms with van der Waals surface area (Å²) in [5.74, 6) is 1.30. The molecule has 0 spiro atoms. The van der Waals surface area contributed by atoms with Crippen molar-refractivity contribution in [3.8, 4) is 0 Å². The van der Waals surface area contributed by atoms with Gasteiger partial charge < -0.3 is 5.32 Å². The average molecular weight is 252 g/mol. The van der Waals surface area contributed by atoms with Crippen LogP contribution in [0.4, 0.5) is 0 Å². The smallest absolute Gasteiger partial charge is 0.212 e. The fraction of sp³-hybridized carbons (Fsp3) is 1.00. The second-order valence-corrected chi connectivity index (χ2v) is 7.75. The summed E-state index contributed by atoms with van der Waals surface area (Å²) in [5, 5.41) is 2.84. The maximum atomic E-state index is 11.5. The van der Waals surface area contributed by atoms with Crippen LogP contribution in [-0.4, -0.2) is 44.8 Å². The Labute approximate surface area is 96.6 Å². The number of rotatable bonds is 6. The van der Waals surface area contributed by atoms with E-state index in [1.807, 2.05) is 11.8 Å². The van der Waals surface area contributed by atoms with Crippen molar-refractivity contribution in [2.24, 2.45) is 0 Å². The van der Waals surface area contributed by atoms with E-state index < -0.39 is 10.0 Å². The summed E-state index contributed by atoms with van der Waals surface area (Å²) in [6, 6.07) is 0. The van der Waals surface area contributed by atoms with Gasteiger partial charge >= 0.3 is 0 Å². The van der Waals surface area contributed by atoms with E-state index in [1.165, 1.54) is 6.42 Å². The molecule has 0 amide bonds. The number of sulfonamides is 1. The predicted octanol–water partition coefficient (Wildman–Crippen LogP) is 0.411. The van der Waals surface area contributed by atoms with E-state index in [0.29, 0.717) is 13.1 Å². The Morgan fingerprint density at radius 3 is 2.73 bits per heavy atom. The van der Waals surface area contributed by atoms with Crippen LogP contribution >= 0.6 is 11.8 Å². The Hall–Kier alpha value is 0.220. The van der Waals surface area contributed by atoms with Gasteiger partial charge in [-0.25, -0.2) is 13.1 Å². The van der Waals surface area contributed by atoms with E-state index in [-0.39, 0.29) is 10.5 Å². The molecular formula is C9H20N2O2S2.